The lowest BCUT2D eigenvalue weighted by Gasteiger charge is -2.29. The molecular formula is C19H18Br2O6. The molecule has 27 heavy (non-hydrogen) atoms. The van der Waals surface area contributed by atoms with Gasteiger partial charge in [0.1, 0.15) is 11.5 Å². The normalized spacial score (nSPS) is 10.8. The SMILES string of the molecule is CCOC(=O)C(Oc1ccc(Br)cc1)(Oc1ccc(Br)cc1)C(=O)OCC. The lowest BCUT2D eigenvalue weighted by Crippen LogP contribution is -2.58. The number of hydrogen-bond donors (Lipinski definition) is 0. The number of carbonyl (C=O) groups is 2. The van der Waals surface area contributed by atoms with Gasteiger partial charge < -0.3 is 18.9 Å². The van der Waals surface area contributed by atoms with Gasteiger partial charge in [-0.15, -0.1) is 0 Å². The standard InChI is InChI=1S/C19H18Br2O6/c1-3-24-17(22)19(18(23)25-4-2,26-15-9-5-13(20)6-10-15)27-16-11-7-14(21)8-12-16/h5-12H,3-4H2,1-2H3. The van der Waals surface area contributed by atoms with Crippen LogP contribution in [0, 0.1) is 0 Å². The molecule has 6 nitrogen and oxygen atoms in total. The molecule has 0 atom stereocenters. The summed E-state index contributed by atoms with van der Waals surface area (Å²) in [5.41, 5.74) is 0. The second-order valence-corrected chi connectivity index (χ2v) is 7.00. The first-order valence-electron chi connectivity index (χ1n) is 8.15. The van der Waals surface area contributed by atoms with E-state index in [1.807, 2.05) is 0 Å². The monoisotopic (exact) mass is 500 g/mol. The van der Waals surface area contributed by atoms with Crippen molar-refractivity contribution in [1.29, 1.82) is 0 Å². The van der Waals surface area contributed by atoms with Gasteiger partial charge in [-0.2, -0.15) is 0 Å². The van der Waals surface area contributed by atoms with E-state index in [4.69, 9.17) is 18.9 Å². The van der Waals surface area contributed by atoms with Crippen LogP contribution in [0.1, 0.15) is 13.8 Å². The number of halogens is 2. The van der Waals surface area contributed by atoms with Crippen LogP contribution in [0.5, 0.6) is 11.5 Å². The number of esters is 2. The Labute approximate surface area is 174 Å². The van der Waals surface area contributed by atoms with Gasteiger partial charge in [0.2, 0.25) is 0 Å². The highest BCUT2D eigenvalue weighted by Crippen LogP contribution is 2.28. The summed E-state index contributed by atoms with van der Waals surface area (Å²) >= 11 is 6.64. The molecule has 0 saturated heterocycles. The minimum absolute atomic E-state index is 0.0351. The molecule has 0 fully saturated rings. The predicted octanol–water partition coefficient (Wildman–Crippen LogP) is 4.49. The highest BCUT2D eigenvalue weighted by Gasteiger charge is 2.56. The van der Waals surface area contributed by atoms with Crippen molar-refractivity contribution in [2.24, 2.45) is 0 Å². The minimum Gasteiger partial charge on any atom is -0.460 e. The fraction of sp³-hybridized carbons (Fsp3) is 0.263. The summed E-state index contributed by atoms with van der Waals surface area (Å²) in [7, 11) is 0. The Morgan fingerprint density at radius 2 is 1.07 bits per heavy atom. The van der Waals surface area contributed by atoms with E-state index in [2.05, 4.69) is 31.9 Å². The molecule has 144 valence electrons. The van der Waals surface area contributed by atoms with Crippen molar-refractivity contribution in [2.75, 3.05) is 13.2 Å². The molecule has 0 bridgehead atoms. The average Bonchev–Trinajstić information content (AvgIpc) is 2.65. The minimum atomic E-state index is -2.44. The van der Waals surface area contributed by atoms with Crippen molar-refractivity contribution in [3.63, 3.8) is 0 Å². The molecule has 0 aliphatic rings. The number of ether oxygens (including phenoxy) is 4. The van der Waals surface area contributed by atoms with Crippen molar-refractivity contribution >= 4 is 43.8 Å². The van der Waals surface area contributed by atoms with E-state index in [1.165, 1.54) is 0 Å². The number of rotatable bonds is 8. The largest absolute Gasteiger partial charge is 0.460 e. The summed E-state index contributed by atoms with van der Waals surface area (Å²) in [5, 5.41) is 0. The third-order valence-electron chi connectivity index (χ3n) is 3.24. The maximum Gasteiger partial charge on any atom is 0.453 e. The Hall–Kier alpha value is -2.06. The maximum atomic E-state index is 12.7. The van der Waals surface area contributed by atoms with Gasteiger partial charge in [0.25, 0.3) is 0 Å². The molecule has 2 aromatic carbocycles. The first-order valence-corrected chi connectivity index (χ1v) is 9.73. The van der Waals surface area contributed by atoms with Crippen LogP contribution in [-0.4, -0.2) is 30.9 Å². The molecule has 0 aliphatic heterocycles. The molecule has 0 saturated carbocycles. The van der Waals surface area contributed by atoms with Crippen LogP contribution in [0.3, 0.4) is 0 Å². The summed E-state index contributed by atoms with van der Waals surface area (Å²) in [4.78, 5) is 25.5. The van der Waals surface area contributed by atoms with E-state index in [0.29, 0.717) is 0 Å². The summed E-state index contributed by atoms with van der Waals surface area (Å²) in [6, 6.07) is 13.2. The molecule has 0 radical (unpaired) electrons. The predicted molar refractivity (Wildman–Crippen MR) is 106 cm³/mol. The molecule has 8 heteroatoms. The van der Waals surface area contributed by atoms with Gasteiger partial charge in [-0.05, 0) is 62.4 Å². The summed E-state index contributed by atoms with van der Waals surface area (Å²) in [5.74, 6) is -3.98. The van der Waals surface area contributed by atoms with Crippen LogP contribution in [0.25, 0.3) is 0 Å². The lowest BCUT2D eigenvalue weighted by atomic mass is 10.2. The van der Waals surface area contributed by atoms with E-state index in [1.54, 1.807) is 62.4 Å². The highest BCUT2D eigenvalue weighted by molar-refractivity contribution is 9.10. The first-order chi connectivity index (χ1) is 12.9. The fourth-order valence-corrected chi connectivity index (χ4v) is 2.59. The van der Waals surface area contributed by atoms with Gasteiger partial charge in [0, 0.05) is 8.95 Å². The third kappa shape index (κ3) is 5.46. The van der Waals surface area contributed by atoms with E-state index < -0.39 is 17.7 Å². The lowest BCUT2D eigenvalue weighted by molar-refractivity contribution is -0.209. The van der Waals surface area contributed by atoms with Crippen molar-refractivity contribution in [3.8, 4) is 11.5 Å². The topological polar surface area (TPSA) is 71.1 Å². The second kappa shape index (κ2) is 9.75. The van der Waals surface area contributed by atoms with Crippen molar-refractivity contribution in [1.82, 2.24) is 0 Å². The zero-order chi connectivity index (χ0) is 19.9. The zero-order valence-electron chi connectivity index (χ0n) is 14.7. The molecule has 0 N–H and O–H groups in total. The Balaban J connectivity index is 2.49. The molecule has 2 aromatic rings. The Bertz CT molecular complexity index is 706. The van der Waals surface area contributed by atoms with Crippen LogP contribution in [0.4, 0.5) is 0 Å². The number of benzene rings is 2. The van der Waals surface area contributed by atoms with Gasteiger partial charge in [-0.1, -0.05) is 31.9 Å². The molecule has 0 heterocycles. The fourth-order valence-electron chi connectivity index (χ4n) is 2.06. The van der Waals surface area contributed by atoms with Crippen LogP contribution in [-0.2, 0) is 19.1 Å². The first kappa shape index (κ1) is 21.2. The van der Waals surface area contributed by atoms with Crippen molar-refractivity contribution in [3.05, 3.63) is 57.5 Å². The number of carbonyl (C=O) groups excluding carboxylic acids is 2. The summed E-state index contributed by atoms with van der Waals surface area (Å²) in [6.45, 7) is 3.31. The van der Waals surface area contributed by atoms with Gasteiger partial charge in [0.05, 0.1) is 13.2 Å². The van der Waals surface area contributed by atoms with E-state index in [-0.39, 0.29) is 24.7 Å². The van der Waals surface area contributed by atoms with E-state index >= 15 is 0 Å². The Morgan fingerprint density at radius 1 is 0.741 bits per heavy atom. The molecule has 2 rings (SSSR count). The average molecular weight is 502 g/mol. The smallest absolute Gasteiger partial charge is 0.453 e. The maximum absolute atomic E-state index is 12.7. The third-order valence-corrected chi connectivity index (χ3v) is 4.30. The quantitative estimate of drug-likeness (QED) is 0.301. The van der Waals surface area contributed by atoms with Gasteiger partial charge >= 0.3 is 17.7 Å². The van der Waals surface area contributed by atoms with E-state index in [0.717, 1.165) is 8.95 Å². The van der Waals surface area contributed by atoms with Crippen LogP contribution in [0.2, 0.25) is 0 Å². The second-order valence-electron chi connectivity index (χ2n) is 5.17. The molecule has 0 spiro atoms. The summed E-state index contributed by atoms with van der Waals surface area (Å²) in [6.07, 6.45) is 0. The Kier molecular flexibility index (Phi) is 7.67. The molecule has 0 unspecified atom stereocenters. The van der Waals surface area contributed by atoms with Crippen LogP contribution < -0.4 is 9.47 Å². The van der Waals surface area contributed by atoms with Crippen LogP contribution >= 0.6 is 31.9 Å². The molecule has 0 aliphatic carbocycles. The van der Waals surface area contributed by atoms with Crippen molar-refractivity contribution in [2.45, 2.75) is 19.6 Å². The van der Waals surface area contributed by atoms with Gasteiger partial charge in [-0.3, -0.25) is 0 Å². The number of hydrogen-bond acceptors (Lipinski definition) is 6. The van der Waals surface area contributed by atoms with E-state index in [9.17, 15) is 9.59 Å². The summed E-state index contributed by atoms with van der Waals surface area (Å²) < 4.78 is 23.2. The molecular weight excluding hydrogens is 484 g/mol. The zero-order valence-corrected chi connectivity index (χ0v) is 17.9. The molecule has 0 aromatic heterocycles. The Morgan fingerprint density at radius 3 is 1.37 bits per heavy atom. The van der Waals surface area contributed by atoms with Gasteiger partial charge in [0.15, 0.2) is 0 Å². The van der Waals surface area contributed by atoms with Gasteiger partial charge in [-0.25, -0.2) is 9.59 Å². The molecule has 0 amide bonds. The van der Waals surface area contributed by atoms with Crippen LogP contribution in [0.15, 0.2) is 57.5 Å². The van der Waals surface area contributed by atoms with Crippen molar-refractivity contribution < 1.29 is 28.5 Å². The highest BCUT2D eigenvalue weighted by atomic mass is 79.9.